The van der Waals surface area contributed by atoms with E-state index in [0.29, 0.717) is 0 Å². The zero-order chi connectivity index (χ0) is 12.5. The van der Waals surface area contributed by atoms with Gasteiger partial charge in [0, 0.05) is 0 Å². The van der Waals surface area contributed by atoms with Crippen molar-refractivity contribution in [1.29, 1.82) is 0 Å². The average Bonchev–Trinajstić information content (AvgIpc) is 2.31. The van der Waals surface area contributed by atoms with E-state index >= 15 is 0 Å². The van der Waals surface area contributed by atoms with Gasteiger partial charge in [-0.1, -0.05) is 78.1 Å². The van der Waals surface area contributed by atoms with E-state index in [1.807, 2.05) is 0 Å². The molecule has 17 heavy (non-hydrogen) atoms. The van der Waals surface area contributed by atoms with Gasteiger partial charge in [0.15, 0.2) is 0 Å². The van der Waals surface area contributed by atoms with Crippen molar-refractivity contribution in [3.05, 3.63) is 13.8 Å². The summed E-state index contributed by atoms with van der Waals surface area (Å²) < 4.78 is 0. The topological polar surface area (TPSA) is 0 Å². The van der Waals surface area contributed by atoms with E-state index in [-0.39, 0.29) is 45.5 Å². The van der Waals surface area contributed by atoms with Gasteiger partial charge in [-0.05, 0) is 0 Å². The molecule has 0 saturated carbocycles. The maximum atomic E-state index is 3.78. The van der Waals surface area contributed by atoms with E-state index in [1.54, 1.807) is 0 Å². The van der Waals surface area contributed by atoms with E-state index in [2.05, 4.69) is 27.7 Å². The van der Waals surface area contributed by atoms with E-state index in [9.17, 15) is 0 Å². The summed E-state index contributed by atoms with van der Waals surface area (Å²) in [5.74, 6) is 0. The van der Waals surface area contributed by atoms with Crippen molar-refractivity contribution in [2.75, 3.05) is 0 Å². The minimum absolute atomic E-state index is 0. The van der Waals surface area contributed by atoms with E-state index in [0.717, 1.165) is 12.8 Å². The third kappa shape index (κ3) is 31.8. The molecule has 0 nitrogen and oxygen atoms in total. The second-order valence-corrected chi connectivity index (χ2v) is 4.54. The predicted molar refractivity (Wildman–Crippen MR) is 83.2 cm³/mol. The summed E-state index contributed by atoms with van der Waals surface area (Å²) in [5.41, 5.74) is 0. The fraction of sp³-hybridized carbons (Fsp3) is 0.875. The monoisotopic (exact) mass is 314 g/mol. The van der Waals surface area contributed by atoms with Gasteiger partial charge in [0.05, 0.1) is 0 Å². The molecule has 100 valence electrons. The molecule has 0 aromatic carbocycles. The number of rotatable bonds is 10. The third-order valence-corrected chi connectivity index (χ3v) is 2.71. The van der Waals surface area contributed by atoms with Crippen LogP contribution in [0.3, 0.4) is 0 Å². The third-order valence-electron chi connectivity index (χ3n) is 2.71. The van der Waals surface area contributed by atoms with Gasteiger partial charge in [0.1, 0.15) is 0 Å². The molecule has 0 aliphatic rings. The zero-order valence-electron chi connectivity index (χ0n) is 12.6. The molecule has 0 radical (unpaired) electrons. The van der Waals surface area contributed by atoms with Gasteiger partial charge >= 0.3 is 45.5 Å². The van der Waals surface area contributed by atoms with Crippen LogP contribution in [0.4, 0.5) is 0 Å². The van der Waals surface area contributed by atoms with E-state index in [1.165, 1.54) is 64.2 Å². The molecule has 0 unspecified atom stereocenters. The van der Waals surface area contributed by atoms with Gasteiger partial charge in [0.2, 0.25) is 0 Å². The molecule has 0 aliphatic carbocycles. The SMILES string of the molecule is [CH2-]CCCCCCC.[CH2-]CCCCCCC.[Sr+2]. The van der Waals surface area contributed by atoms with Crippen LogP contribution < -0.4 is 0 Å². The van der Waals surface area contributed by atoms with E-state index in [4.69, 9.17) is 0 Å². The molecule has 0 aromatic heterocycles. The minimum Gasteiger partial charge on any atom is -0.343 e. The Morgan fingerprint density at radius 1 is 0.529 bits per heavy atom. The summed E-state index contributed by atoms with van der Waals surface area (Å²) in [6, 6.07) is 0. The van der Waals surface area contributed by atoms with Gasteiger partial charge in [0.25, 0.3) is 0 Å². The van der Waals surface area contributed by atoms with Gasteiger partial charge in [-0.15, -0.1) is 0 Å². The Hall–Kier alpha value is 1.48. The summed E-state index contributed by atoms with van der Waals surface area (Å²) in [6.45, 7) is 12.0. The van der Waals surface area contributed by atoms with Crippen LogP contribution in [0.25, 0.3) is 0 Å². The first-order valence-electron chi connectivity index (χ1n) is 7.41. The van der Waals surface area contributed by atoms with Crippen molar-refractivity contribution in [3.63, 3.8) is 0 Å². The largest absolute Gasteiger partial charge is 2.00 e. The molecule has 0 spiro atoms. The van der Waals surface area contributed by atoms with Crippen molar-refractivity contribution in [1.82, 2.24) is 0 Å². The fourth-order valence-corrected chi connectivity index (χ4v) is 1.56. The van der Waals surface area contributed by atoms with Crippen molar-refractivity contribution in [3.8, 4) is 0 Å². The molecule has 0 fully saturated rings. The van der Waals surface area contributed by atoms with Gasteiger partial charge in [-0.2, -0.15) is 12.8 Å². The van der Waals surface area contributed by atoms with Gasteiger partial charge in [-0.25, -0.2) is 0 Å². The Morgan fingerprint density at radius 3 is 1.06 bits per heavy atom. The first-order valence-corrected chi connectivity index (χ1v) is 7.41. The number of hydrogen-bond donors (Lipinski definition) is 0. The molecule has 0 heterocycles. The summed E-state index contributed by atoms with van der Waals surface area (Å²) in [6.07, 6.45) is 16.0. The summed E-state index contributed by atoms with van der Waals surface area (Å²) in [4.78, 5) is 0. The van der Waals surface area contributed by atoms with Crippen LogP contribution in [-0.4, -0.2) is 45.5 Å². The summed E-state index contributed by atoms with van der Waals surface area (Å²) in [5, 5.41) is 0. The second kappa shape index (κ2) is 26.1. The quantitative estimate of drug-likeness (QED) is 0.264. The first-order chi connectivity index (χ1) is 7.83. The predicted octanol–water partition coefficient (Wildman–Crippen LogP) is 5.98. The molecule has 0 atom stereocenters. The zero-order valence-corrected chi connectivity index (χ0v) is 16.1. The van der Waals surface area contributed by atoms with Gasteiger partial charge < -0.3 is 13.8 Å². The maximum absolute atomic E-state index is 3.78. The van der Waals surface area contributed by atoms with Crippen molar-refractivity contribution in [2.24, 2.45) is 0 Å². The van der Waals surface area contributed by atoms with Crippen LogP contribution in [0.1, 0.15) is 90.9 Å². The molecule has 0 bridgehead atoms. The normalized spacial score (nSPS) is 9.18. The average molecular weight is 314 g/mol. The molecule has 0 aliphatic heterocycles. The number of unbranched alkanes of at least 4 members (excludes halogenated alkanes) is 10. The Balaban J connectivity index is -0.000000218. The van der Waals surface area contributed by atoms with Crippen LogP contribution in [0.2, 0.25) is 0 Å². The van der Waals surface area contributed by atoms with Crippen LogP contribution in [0, 0.1) is 13.8 Å². The van der Waals surface area contributed by atoms with Gasteiger partial charge in [-0.3, -0.25) is 0 Å². The van der Waals surface area contributed by atoms with Crippen molar-refractivity contribution < 1.29 is 0 Å². The van der Waals surface area contributed by atoms with Crippen LogP contribution in [0.5, 0.6) is 0 Å². The van der Waals surface area contributed by atoms with E-state index < -0.39 is 0 Å². The molecule has 1 heteroatoms. The molecule has 0 aromatic rings. The summed E-state index contributed by atoms with van der Waals surface area (Å²) in [7, 11) is 0. The number of hydrogen-bond acceptors (Lipinski definition) is 0. The molecule has 0 amide bonds. The second-order valence-electron chi connectivity index (χ2n) is 4.54. The summed E-state index contributed by atoms with van der Waals surface area (Å²) >= 11 is 0. The molecule has 0 N–H and O–H groups in total. The Labute approximate surface area is 149 Å². The van der Waals surface area contributed by atoms with Crippen LogP contribution >= 0.6 is 0 Å². The molecular formula is C16H34Sr. The maximum Gasteiger partial charge on any atom is 2.00 e. The Morgan fingerprint density at radius 2 is 0.824 bits per heavy atom. The standard InChI is InChI=1S/2C8H17.Sr/c2*1-3-5-7-8-6-4-2;/h2*1,3-8H2,2H3;/q2*-1;+2. The van der Waals surface area contributed by atoms with Crippen LogP contribution in [-0.2, 0) is 0 Å². The fourth-order valence-electron chi connectivity index (χ4n) is 1.56. The smallest absolute Gasteiger partial charge is 0.343 e. The minimum atomic E-state index is 0. The molecule has 0 saturated heterocycles. The Kier molecular flexibility index (Phi) is 36.2. The van der Waals surface area contributed by atoms with Crippen molar-refractivity contribution >= 4 is 45.5 Å². The molecule has 0 rings (SSSR count). The first kappa shape index (κ1) is 23.6. The Bertz CT molecular complexity index is 67.5. The molecular weight excluding hydrogens is 280 g/mol. The van der Waals surface area contributed by atoms with Crippen molar-refractivity contribution in [2.45, 2.75) is 90.9 Å². The van der Waals surface area contributed by atoms with Crippen LogP contribution in [0.15, 0.2) is 0 Å².